The second kappa shape index (κ2) is 16.1. The van der Waals surface area contributed by atoms with Crippen LogP contribution in [-0.4, -0.2) is 112 Å². The second-order valence-corrected chi connectivity index (χ2v) is 14.5. The molecule has 2 aliphatic heterocycles. The van der Waals surface area contributed by atoms with E-state index in [2.05, 4.69) is 65.0 Å². The first-order valence-electron chi connectivity index (χ1n) is 14.8. The Morgan fingerprint density at radius 1 is 0.796 bits per heavy atom. The summed E-state index contributed by atoms with van der Waals surface area (Å²) in [7, 11) is -5.57. The standard InChI is InChI=1S/C25H32F2N10O8P2S2/c26-14-18(44-46(40)48)12(6-38)42-24(14)36-10-34-16-20(30-8-32-22(16)36)28-4-2-1-3-5-29-21-17-23(33-9-31-21)37(11-35-17)25-15(27)19(45-47(41)49)13(7-39)43-25/h1-2,8-15,18-19,24-25,38-39,46-47H,3-7H2,(H,40,48)(H,41,49)(H,28,30,32)(H,29,31,33)/b2-1+/t12-,13-,14-,15-,18-,19-,24?,25-/m1/s1. The van der Waals surface area contributed by atoms with Gasteiger partial charge in [0.05, 0.1) is 25.9 Å². The first kappa shape index (κ1) is 36.0. The number of ether oxygens (including phenoxy) is 2. The van der Waals surface area contributed by atoms with Crippen LogP contribution in [-0.2, 0) is 27.7 Å². The Balaban J connectivity index is 1.03. The first-order chi connectivity index (χ1) is 23.7. The quantitative estimate of drug-likeness (QED) is 0.0442. The molecule has 0 saturated carbocycles. The molecule has 6 rings (SSSR count). The molecule has 0 spiro atoms. The van der Waals surface area contributed by atoms with Crippen molar-refractivity contribution in [2.75, 3.05) is 36.9 Å². The zero-order valence-corrected chi connectivity index (χ0v) is 29.0. The molecule has 18 nitrogen and oxygen atoms in total. The van der Waals surface area contributed by atoms with Crippen molar-refractivity contribution in [3.05, 3.63) is 37.5 Å². The molecule has 10 atom stereocenters. The maximum absolute atomic E-state index is 15.2. The van der Waals surface area contributed by atoms with Gasteiger partial charge >= 0.3 is 0 Å². The number of nitrogens with zero attached hydrogens (tertiary/aromatic N) is 8. The van der Waals surface area contributed by atoms with E-state index in [-0.39, 0.29) is 11.3 Å². The van der Waals surface area contributed by atoms with Crippen molar-refractivity contribution in [1.29, 1.82) is 0 Å². The molecule has 49 heavy (non-hydrogen) atoms. The minimum Gasteiger partial charge on any atom is -0.394 e. The van der Waals surface area contributed by atoms with Crippen molar-refractivity contribution >= 4 is 72.9 Å². The van der Waals surface area contributed by atoms with E-state index in [0.29, 0.717) is 42.2 Å². The van der Waals surface area contributed by atoms with Crippen LogP contribution in [0.2, 0.25) is 0 Å². The van der Waals surface area contributed by atoms with E-state index in [9.17, 15) is 19.3 Å². The highest BCUT2D eigenvalue weighted by Gasteiger charge is 2.49. The maximum atomic E-state index is 15.2. The van der Waals surface area contributed by atoms with Gasteiger partial charge in [0.15, 0.2) is 58.8 Å². The van der Waals surface area contributed by atoms with Crippen molar-refractivity contribution in [2.24, 2.45) is 0 Å². The largest absolute Gasteiger partial charge is 0.394 e. The molecule has 2 aliphatic rings. The van der Waals surface area contributed by atoms with Crippen molar-refractivity contribution in [1.82, 2.24) is 39.0 Å². The number of aliphatic hydroxyl groups excluding tert-OH is 2. The Labute approximate surface area is 288 Å². The van der Waals surface area contributed by atoms with Gasteiger partial charge in [0.25, 0.3) is 0 Å². The van der Waals surface area contributed by atoms with Crippen molar-refractivity contribution in [3.63, 3.8) is 0 Å². The molecule has 4 aromatic heterocycles. The number of thiol groups is 2. The molecular weight excluding hydrogens is 732 g/mol. The van der Waals surface area contributed by atoms with Crippen LogP contribution < -0.4 is 10.6 Å². The fourth-order valence-corrected chi connectivity index (χ4v) is 7.37. The number of hydrogen-bond donors (Lipinski definition) is 6. The summed E-state index contributed by atoms with van der Waals surface area (Å²) in [6, 6.07) is 0. The van der Waals surface area contributed by atoms with E-state index in [1.165, 1.54) is 34.4 Å². The average molecular weight is 765 g/mol. The van der Waals surface area contributed by atoms with E-state index in [4.69, 9.17) is 18.5 Å². The van der Waals surface area contributed by atoms with Crippen LogP contribution in [0.25, 0.3) is 22.3 Å². The van der Waals surface area contributed by atoms with Gasteiger partial charge in [-0.3, -0.25) is 18.3 Å². The maximum Gasteiger partial charge on any atom is 0.243 e. The van der Waals surface area contributed by atoms with Crippen LogP contribution in [0.1, 0.15) is 18.9 Å². The number of aromatic nitrogens is 8. The van der Waals surface area contributed by atoms with E-state index in [1.54, 1.807) is 0 Å². The lowest BCUT2D eigenvalue weighted by atomic mass is 10.1. The van der Waals surface area contributed by atoms with Gasteiger partial charge in [0.1, 0.15) is 37.1 Å². The van der Waals surface area contributed by atoms with Gasteiger partial charge in [-0.1, -0.05) is 36.6 Å². The van der Waals surface area contributed by atoms with Gasteiger partial charge in [-0.05, 0) is 6.42 Å². The zero-order valence-electron chi connectivity index (χ0n) is 25.2. The number of rotatable bonds is 15. The normalized spacial score (nSPS) is 28.5. The smallest absolute Gasteiger partial charge is 0.243 e. The molecule has 0 aromatic carbocycles. The fourth-order valence-electron chi connectivity index (χ4n) is 5.61. The fraction of sp³-hybridized carbons (Fsp3) is 0.520. The topological polar surface area (TPSA) is 223 Å². The highest BCUT2D eigenvalue weighted by molar-refractivity contribution is 8.39. The summed E-state index contributed by atoms with van der Waals surface area (Å²) in [6.45, 7) is -0.245. The van der Waals surface area contributed by atoms with Gasteiger partial charge in [-0.15, -0.1) is 0 Å². The number of anilines is 2. The molecule has 4 N–H and O–H groups in total. The molecule has 24 heteroatoms. The highest BCUT2D eigenvalue weighted by Crippen LogP contribution is 2.42. The van der Waals surface area contributed by atoms with Crippen molar-refractivity contribution in [3.8, 4) is 0 Å². The first-order valence-corrected chi connectivity index (χ1v) is 20.0. The van der Waals surface area contributed by atoms with Crippen LogP contribution in [0, 0.1) is 0 Å². The third-order valence-electron chi connectivity index (χ3n) is 7.79. The number of imidazole rings is 2. The zero-order chi connectivity index (χ0) is 34.7. The summed E-state index contributed by atoms with van der Waals surface area (Å²) in [5.74, 6) is 0.815. The van der Waals surface area contributed by atoms with E-state index in [1.807, 2.05) is 12.2 Å². The number of fused-ring (bicyclic) bond motifs is 2. The molecule has 3 unspecified atom stereocenters. The lowest BCUT2D eigenvalue weighted by Crippen LogP contribution is -2.31. The van der Waals surface area contributed by atoms with Gasteiger partial charge < -0.3 is 39.4 Å². The van der Waals surface area contributed by atoms with E-state index >= 15 is 8.78 Å². The van der Waals surface area contributed by atoms with Crippen LogP contribution in [0.4, 0.5) is 20.4 Å². The van der Waals surface area contributed by atoms with Gasteiger partial charge in [-0.2, -0.15) is 0 Å². The van der Waals surface area contributed by atoms with Crippen molar-refractivity contribution < 1.29 is 46.6 Å². The highest BCUT2D eigenvalue weighted by atomic mass is 32.7. The second-order valence-electron chi connectivity index (χ2n) is 10.7. The molecule has 0 radical (unpaired) electrons. The van der Waals surface area contributed by atoms with Gasteiger partial charge in [-0.25, -0.2) is 38.7 Å². The molecule has 266 valence electrons. The van der Waals surface area contributed by atoms with E-state index in [0.717, 1.165) is 0 Å². The molecule has 0 bridgehead atoms. The molecule has 2 saturated heterocycles. The molecule has 4 aromatic rings. The number of hydrogen-bond acceptors (Lipinski definition) is 16. The average Bonchev–Trinajstić information content (AvgIpc) is 3.85. The summed E-state index contributed by atoms with van der Waals surface area (Å²) in [4.78, 5) is 25.6. The SMILES string of the molecule is O=[PH](S)O[C@@H]1[C@@H](CO)OC(n2cnc3c(NC/C=C/CCNc4ncnc5c4ncn5[C@@H]4O[C@H](CO)[C@@H](O[PH](=O)S)[C@H]4F)ncnc32)[C@@H]1F. The van der Waals surface area contributed by atoms with E-state index < -0.39 is 76.9 Å². The summed E-state index contributed by atoms with van der Waals surface area (Å²) in [6.07, 6.45) is -0.955. The summed E-state index contributed by atoms with van der Waals surface area (Å²) in [5, 5.41) is 25.5. The molecular formula is C25H32F2N10O8P2S2. The lowest BCUT2D eigenvalue weighted by Gasteiger charge is -2.16. The van der Waals surface area contributed by atoms with Gasteiger partial charge in [0.2, 0.25) is 14.5 Å². The lowest BCUT2D eigenvalue weighted by molar-refractivity contribution is -0.0427. The monoisotopic (exact) mass is 764 g/mol. The Morgan fingerprint density at radius 2 is 1.29 bits per heavy atom. The summed E-state index contributed by atoms with van der Waals surface area (Å²) >= 11 is 7.43. The third-order valence-corrected chi connectivity index (χ3v) is 9.37. The third kappa shape index (κ3) is 7.63. The Bertz CT molecular complexity index is 1840. The number of alkyl halides is 2. The Hall–Kier alpha value is -2.78. The predicted octanol–water partition coefficient (Wildman–Crippen LogP) is 2.30. The Morgan fingerprint density at radius 3 is 1.76 bits per heavy atom. The van der Waals surface area contributed by atoms with Crippen LogP contribution in [0.15, 0.2) is 37.5 Å². The molecule has 0 amide bonds. The summed E-state index contributed by atoms with van der Waals surface area (Å²) in [5.41, 5.74) is 1.31. The number of nitrogens with one attached hydrogen (secondary N) is 2. The number of halogens is 2. The summed E-state index contributed by atoms with van der Waals surface area (Å²) < 4.78 is 77.6. The minimum absolute atomic E-state index is 0.283. The van der Waals surface area contributed by atoms with Crippen LogP contribution in [0.5, 0.6) is 0 Å². The predicted molar refractivity (Wildman–Crippen MR) is 179 cm³/mol. The van der Waals surface area contributed by atoms with Gasteiger partial charge in [0, 0.05) is 13.1 Å². The Kier molecular flexibility index (Phi) is 11.8. The minimum atomic E-state index is -2.79. The van der Waals surface area contributed by atoms with Crippen LogP contribution >= 0.6 is 39.0 Å². The molecule has 2 fully saturated rings. The number of aliphatic hydroxyl groups is 2. The molecule has 6 heterocycles. The van der Waals surface area contributed by atoms with Crippen molar-refractivity contribution in [2.45, 2.75) is 55.6 Å². The molecule has 0 aliphatic carbocycles. The van der Waals surface area contributed by atoms with Crippen LogP contribution in [0.3, 0.4) is 0 Å².